The van der Waals surface area contributed by atoms with E-state index in [1.54, 1.807) is 31.8 Å². The largest absolute Gasteiger partial charge is 0.383 e. The molecule has 2 atom stereocenters. The summed E-state index contributed by atoms with van der Waals surface area (Å²) in [5, 5.41) is 9.24. The zero-order valence-corrected chi connectivity index (χ0v) is 19.3. The first-order chi connectivity index (χ1) is 15.6. The summed E-state index contributed by atoms with van der Waals surface area (Å²) in [6, 6.07) is 4.47. The van der Waals surface area contributed by atoms with Crippen LogP contribution in [-0.2, 0) is 23.1 Å². The van der Waals surface area contributed by atoms with Gasteiger partial charge in [0.15, 0.2) is 11.6 Å². The minimum Gasteiger partial charge on any atom is -0.383 e. The molecule has 4 heterocycles. The highest BCUT2D eigenvalue weighted by molar-refractivity contribution is 7.21. The lowest BCUT2D eigenvalue weighted by atomic mass is 10.2. The Morgan fingerprint density at radius 1 is 1.22 bits per heavy atom. The van der Waals surface area contributed by atoms with Crippen LogP contribution in [0.5, 0.6) is 0 Å². The fourth-order valence-corrected chi connectivity index (χ4v) is 5.16. The molecule has 1 N–H and O–H groups in total. The van der Waals surface area contributed by atoms with Crippen molar-refractivity contribution in [3.05, 3.63) is 30.7 Å². The van der Waals surface area contributed by atoms with Gasteiger partial charge in [-0.1, -0.05) is 0 Å². The third-order valence-corrected chi connectivity index (χ3v) is 6.92. The molecule has 9 nitrogen and oxygen atoms in total. The molecule has 5 rings (SSSR count). The summed E-state index contributed by atoms with van der Waals surface area (Å²) in [6.07, 6.45) is 9.04. The molecule has 1 aliphatic rings. The first-order valence-corrected chi connectivity index (χ1v) is 11.6. The SMILES string of the molecule is COCCn1ccnc1-c1nc(NC2CCC(OC)C2)c2cc(-c3ccn(C)n3)sc2n1. The number of nitrogens with zero attached hydrogens (tertiary/aromatic N) is 6. The van der Waals surface area contributed by atoms with Gasteiger partial charge in [-0.2, -0.15) is 5.10 Å². The lowest BCUT2D eigenvalue weighted by molar-refractivity contribution is 0.108. The molecule has 168 valence electrons. The number of nitrogens with one attached hydrogen (secondary N) is 1. The Labute approximate surface area is 190 Å². The van der Waals surface area contributed by atoms with Gasteiger partial charge < -0.3 is 19.4 Å². The second-order valence-corrected chi connectivity index (χ2v) is 9.08. The molecule has 0 amide bonds. The number of ether oxygens (including phenoxy) is 2. The number of hydrogen-bond donors (Lipinski definition) is 1. The number of rotatable bonds is 8. The Balaban J connectivity index is 1.57. The predicted octanol–water partition coefficient (Wildman–Crippen LogP) is 3.58. The number of aromatic nitrogens is 6. The minimum atomic E-state index is 0.295. The Hall–Kier alpha value is -2.82. The van der Waals surface area contributed by atoms with Crippen LogP contribution >= 0.6 is 11.3 Å². The average Bonchev–Trinajstić information content (AvgIpc) is 3.57. The van der Waals surface area contributed by atoms with Crippen molar-refractivity contribution in [2.75, 3.05) is 26.1 Å². The summed E-state index contributed by atoms with van der Waals surface area (Å²) in [5.74, 6) is 2.18. The van der Waals surface area contributed by atoms with E-state index in [2.05, 4.69) is 21.5 Å². The van der Waals surface area contributed by atoms with Gasteiger partial charge in [0.05, 0.1) is 23.0 Å². The van der Waals surface area contributed by atoms with Crippen LogP contribution in [0.4, 0.5) is 5.82 Å². The summed E-state index contributed by atoms with van der Waals surface area (Å²) in [6.45, 7) is 1.29. The maximum Gasteiger partial charge on any atom is 0.199 e. The summed E-state index contributed by atoms with van der Waals surface area (Å²) in [4.78, 5) is 16.3. The van der Waals surface area contributed by atoms with E-state index in [4.69, 9.17) is 19.4 Å². The van der Waals surface area contributed by atoms with E-state index in [-0.39, 0.29) is 0 Å². The molecular formula is C22H27N7O2S. The maximum atomic E-state index is 5.56. The van der Waals surface area contributed by atoms with Crippen molar-refractivity contribution in [3.8, 4) is 22.2 Å². The van der Waals surface area contributed by atoms with Gasteiger partial charge in [0.25, 0.3) is 0 Å². The molecule has 0 spiro atoms. The highest BCUT2D eigenvalue weighted by atomic mass is 32.1. The molecule has 2 unspecified atom stereocenters. The highest BCUT2D eigenvalue weighted by Gasteiger charge is 2.26. The van der Waals surface area contributed by atoms with Gasteiger partial charge in [-0.05, 0) is 31.4 Å². The molecule has 4 aromatic rings. The van der Waals surface area contributed by atoms with Crippen LogP contribution in [-0.4, -0.2) is 62.3 Å². The van der Waals surface area contributed by atoms with Crippen LogP contribution in [0.3, 0.4) is 0 Å². The monoisotopic (exact) mass is 453 g/mol. The van der Waals surface area contributed by atoms with Gasteiger partial charge in [-0.15, -0.1) is 11.3 Å². The smallest absolute Gasteiger partial charge is 0.199 e. The van der Waals surface area contributed by atoms with Crippen LogP contribution in [0, 0.1) is 0 Å². The first-order valence-electron chi connectivity index (χ1n) is 10.8. The molecule has 0 saturated heterocycles. The molecule has 0 bridgehead atoms. The normalized spacial score (nSPS) is 18.6. The third-order valence-electron chi connectivity index (χ3n) is 5.87. The van der Waals surface area contributed by atoms with Crippen molar-refractivity contribution >= 4 is 27.4 Å². The van der Waals surface area contributed by atoms with Crippen molar-refractivity contribution in [1.29, 1.82) is 0 Å². The van der Waals surface area contributed by atoms with Gasteiger partial charge in [0.2, 0.25) is 0 Å². The van der Waals surface area contributed by atoms with E-state index in [9.17, 15) is 0 Å². The summed E-state index contributed by atoms with van der Waals surface area (Å²) >= 11 is 1.62. The molecule has 0 aliphatic heterocycles. The van der Waals surface area contributed by atoms with Crippen LogP contribution < -0.4 is 5.32 Å². The number of methoxy groups -OCH3 is 2. The zero-order valence-electron chi connectivity index (χ0n) is 18.5. The second kappa shape index (κ2) is 8.97. The Bertz CT molecular complexity index is 1210. The van der Waals surface area contributed by atoms with E-state index < -0.39 is 0 Å². The summed E-state index contributed by atoms with van der Waals surface area (Å²) < 4.78 is 14.6. The van der Waals surface area contributed by atoms with Gasteiger partial charge >= 0.3 is 0 Å². The van der Waals surface area contributed by atoms with E-state index in [1.807, 2.05) is 34.8 Å². The molecule has 1 fully saturated rings. The Morgan fingerprint density at radius 2 is 2.12 bits per heavy atom. The molecule has 4 aromatic heterocycles. The summed E-state index contributed by atoms with van der Waals surface area (Å²) in [7, 11) is 5.40. The fraction of sp³-hybridized carbons (Fsp3) is 0.455. The van der Waals surface area contributed by atoms with E-state index in [0.29, 0.717) is 31.1 Å². The molecule has 1 saturated carbocycles. The number of hydrogen-bond acceptors (Lipinski definition) is 8. The number of anilines is 1. The maximum absolute atomic E-state index is 5.56. The fourth-order valence-electron chi connectivity index (χ4n) is 4.17. The van der Waals surface area contributed by atoms with E-state index in [0.717, 1.165) is 51.7 Å². The first kappa shape index (κ1) is 21.0. The summed E-state index contributed by atoms with van der Waals surface area (Å²) in [5.41, 5.74) is 0.935. The van der Waals surface area contributed by atoms with Crippen LogP contribution in [0.1, 0.15) is 19.3 Å². The Kier molecular flexibility index (Phi) is 5.90. The third kappa shape index (κ3) is 4.13. The standard InChI is InChI=1S/C22H27N7O2S/c1-28-8-6-17(27-28)18-13-16-19(24-14-4-5-15(12-14)31-3)25-20(26-22(16)32-18)21-23-7-9-29(21)10-11-30-2/h6-9,13-15H,4-5,10-12H2,1-3H3,(H,24,25,26). The van der Waals surface area contributed by atoms with Gasteiger partial charge in [-0.25, -0.2) is 15.0 Å². The number of aryl methyl sites for hydroxylation is 1. The molecule has 10 heteroatoms. The second-order valence-electron chi connectivity index (χ2n) is 8.05. The van der Waals surface area contributed by atoms with Gasteiger partial charge in [0.1, 0.15) is 16.3 Å². The van der Waals surface area contributed by atoms with Gasteiger partial charge in [0, 0.05) is 52.4 Å². The molecule has 0 radical (unpaired) electrons. The van der Waals surface area contributed by atoms with Crippen LogP contribution in [0.25, 0.3) is 32.4 Å². The lowest BCUT2D eigenvalue weighted by Gasteiger charge is -2.15. The van der Waals surface area contributed by atoms with Crippen LogP contribution in [0.2, 0.25) is 0 Å². The van der Waals surface area contributed by atoms with Gasteiger partial charge in [-0.3, -0.25) is 4.68 Å². The van der Waals surface area contributed by atoms with Crippen LogP contribution in [0.15, 0.2) is 30.7 Å². The Morgan fingerprint density at radius 3 is 2.88 bits per heavy atom. The van der Waals surface area contributed by atoms with E-state index in [1.165, 1.54) is 0 Å². The number of imidazole rings is 1. The lowest BCUT2D eigenvalue weighted by Crippen LogP contribution is -2.18. The highest BCUT2D eigenvalue weighted by Crippen LogP contribution is 2.37. The van der Waals surface area contributed by atoms with Crippen molar-refractivity contribution in [2.24, 2.45) is 7.05 Å². The molecule has 0 aromatic carbocycles. The average molecular weight is 454 g/mol. The quantitative estimate of drug-likeness (QED) is 0.436. The molecular weight excluding hydrogens is 426 g/mol. The number of thiophene rings is 1. The minimum absolute atomic E-state index is 0.295. The van der Waals surface area contributed by atoms with Crippen molar-refractivity contribution in [1.82, 2.24) is 29.3 Å². The molecule has 32 heavy (non-hydrogen) atoms. The number of fused-ring (bicyclic) bond motifs is 1. The predicted molar refractivity (Wildman–Crippen MR) is 125 cm³/mol. The molecule has 1 aliphatic carbocycles. The van der Waals surface area contributed by atoms with Crippen molar-refractivity contribution < 1.29 is 9.47 Å². The zero-order chi connectivity index (χ0) is 22.1. The van der Waals surface area contributed by atoms with Crippen molar-refractivity contribution in [3.63, 3.8) is 0 Å². The van der Waals surface area contributed by atoms with Crippen molar-refractivity contribution in [2.45, 2.75) is 38.0 Å². The topological polar surface area (TPSA) is 91.9 Å². The van der Waals surface area contributed by atoms with E-state index >= 15 is 0 Å².